The van der Waals surface area contributed by atoms with E-state index >= 15 is 0 Å². The highest BCUT2D eigenvalue weighted by Crippen LogP contribution is 2.27. The summed E-state index contributed by atoms with van der Waals surface area (Å²) in [6.07, 6.45) is 6.96. The van der Waals surface area contributed by atoms with E-state index in [9.17, 15) is 5.11 Å². The average Bonchev–Trinajstić information content (AvgIpc) is 2.82. The molecule has 0 unspecified atom stereocenters. The van der Waals surface area contributed by atoms with Crippen LogP contribution in [0.2, 0.25) is 0 Å². The zero-order valence-electron chi connectivity index (χ0n) is 11.8. The Morgan fingerprint density at radius 2 is 2.10 bits per heavy atom. The van der Waals surface area contributed by atoms with E-state index in [4.69, 9.17) is 0 Å². The van der Waals surface area contributed by atoms with E-state index in [-0.39, 0.29) is 6.10 Å². The van der Waals surface area contributed by atoms with Gasteiger partial charge in [0, 0.05) is 19.3 Å². The zero-order chi connectivity index (χ0) is 14.8. The number of nitrogens with one attached hydrogen (secondary N) is 1. The van der Waals surface area contributed by atoms with Crippen molar-refractivity contribution >= 4 is 21.9 Å². The quantitative estimate of drug-likeness (QED) is 0.887. The van der Waals surface area contributed by atoms with Crippen LogP contribution in [0.1, 0.15) is 25.7 Å². The molecule has 2 heterocycles. The largest absolute Gasteiger partial charge is 0.393 e. The van der Waals surface area contributed by atoms with Crippen LogP contribution >= 0.6 is 15.9 Å². The Labute approximate surface area is 131 Å². The molecule has 0 spiro atoms. The predicted octanol–water partition coefficient (Wildman–Crippen LogP) is 2.36. The fourth-order valence-electron chi connectivity index (χ4n) is 2.58. The van der Waals surface area contributed by atoms with Crippen molar-refractivity contribution in [1.29, 1.82) is 0 Å². The molecule has 0 aliphatic heterocycles. The van der Waals surface area contributed by atoms with Gasteiger partial charge in [-0.3, -0.25) is 4.68 Å². The van der Waals surface area contributed by atoms with E-state index < -0.39 is 0 Å². The van der Waals surface area contributed by atoms with Gasteiger partial charge in [-0.25, -0.2) is 9.97 Å². The lowest BCUT2D eigenvalue weighted by Gasteiger charge is -2.26. The van der Waals surface area contributed by atoms with Gasteiger partial charge in [0.1, 0.15) is 4.60 Å². The van der Waals surface area contributed by atoms with Crippen LogP contribution in [0.5, 0.6) is 0 Å². The van der Waals surface area contributed by atoms with Crippen LogP contribution in [0, 0.1) is 0 Å². The van der Waals surface area contributed by atoms with Gasteiger partial charge in [0.15, 0.2) is 0 Å². The standard InChI is InChI=1S/C14H18BrN5O/c1-20-13(15)11(8-17-20)12-6-7-16-14(19-12)18-9-2-4-10(21)5-3-9/h6-10,21H,2-5H2,1H3,(H,16,18,19). The number of hydrogen-bond donors (Lipinski definition) is 2. The van der Waals surface area contributed by atoms with E-state index in [1.807, 2.05) is 13.1 Å². The number of aliphatic hydroxyl groups excluding tert-OH is 1. The fraction of sp³-hybridized carbons (Fsp3) is 0.500. The van der Waals surface area contributed by atoms with E-state index in [1.165, 1.54) is 0 Å². The lowest BCUT2D eigenvalue weighted by atomic mass is 9.93. The Bertz CT molecular complexity index is 622. The molecule has 0 aromatic carbocycles. The van der Waals surface area contributed by atoms with Crippen LogP contribution in [0.3, 0.4) is 0 Å². The van der Waals surface area contributed by atoms with Crippen molar-refractivity contribution in [3.63, 3.8) is 0 Å². The Hall–Kier alpha value is -1.47. The summed E-state index contributed by atoms with van der Waals surface area (Å²) in [6, 6.07) is 2.21. The highest BCUT2D eigenvalue weighted by molar-refractivity contribution is 9.10. The van der Waals surface area contributed by atoms with Crippen molar-refractivity contribution in [2.45, 2.75) is 37.8 Å². The molecule has 0 saturated heterocycles. The third kappa shape index (κ3) is 3.24. The zero-order valence-corrected chi connectivity index (χ0v) is 13.4. The molecule has 1 fully saturated rings. The third-order valence-electron chi connectivity index (χ3n) is 3.83. The molecule has 0 amide bonds. The molecule has 2 aromatic heterocycles. The molecule has 6 nitrogen and oxygen atoms in total. The van der Waals surface area contributed by atoms with Crippen molar-refractivity contribution in [2.75, 3.05) is 5.32 Å². The fourth-order valence-corrected chi connectivity index (χ4v) is 2.97. The van der Waals surface area contributed by atoms with Gasteiger partial charge in [-0.2, -0.15) is 5.10 Å². The van der Waals surface area contributed by atoms with E-state index in [0.29, 0.717) is 12.0 Å². The van der Waals surface area contributed by atoms with Gasteiger partial charge >= 0.3 is 0 Å². The van der Waals surface area contributed by atoms with Gasteiger partial charge < -0.3 is 10.4 Å². The highest BCUT2D eigenvalue weighted by Gasteiger charge is 2.20. The monoisotopic (exact) mass is 351 g/mol. The predicted molar refractivity (Wildman–Crippen MR) is 83.8 cm³/mol. The summed E-state index contributed by atoms with van der Waals surface area (Å²) < 4.78 is 2.65. The second-order valence-corrected chi connectivity index (χ2v) is 6.14. The molecule has 2 N–H and O–H groups in total. The maximum atomic E-state index is 9.55. The number of rotatable bonds is 3. The average molecular weight is 352 g/mol. The number of aliphatic hydroxyl groups is 1. The minimum Gasteiger partial charge on any atom is -0.393 e. The maximum Gasteiger partial charge on any atom is 0.223 e. The van der Waals surface area contributed by atoms with Crippen LogP contribution in [-0.4, -0.2) is 37.0 Å². The van der Waals surface area contributed by atoms with Crippen molar-refractivity contribution < 1.29 is 5.11 Å². The van der Waals surface area contributed by atoms with Crippen LogP contribution in [0.4, 0.5) is 5.95 Å². The summed E-state index contributed by atoms with van der Waals surface area (Å²) in [5.74, 6) is 0.629. The van der Waals surface area contributed by atoms with Crippen LogP contribution < -0.4 is 5.32 Å². The van der Waals surface area contributed by atoms with Crippen LogP contribution in [0.25, 0.3) is 11.3 Å². The summed E-state index contributed by atoms with van der Waals surface area (Å²) >= 11 is 3.51. The number of nitrogens with zero attached hydrogens (tertiary/aromatic N) is 4. The van der Waals surface area contributed by atoms with E-state index in [0.717, 1.165) is 41.5 Å². The molecule has 1 aliphatic rings. The normalized spacial score (nSPS) is 22.2. The first-order valence-electron chi connectivity index (χ1n) is 7.09. The molecule has 0 bridgehead atoms. The molecule has 0 radical (unpaired) electrons. The SMILES string of the molecule is Cn1ncc(-c2ccnc(NC3CCC(O)CC3)n2)c1Br. The second kappa shape index (κ2) is 6.11. The summed E-state index contributed by atoms with van der Waals surface area (Å²) in [7, 11) is 1.88. The lowest BCUT2D eigenvalue weighted by molar-refractivity contribution is 0.126. The van der Waals surface area contributed by atoms with Gasteiger partial charge in [0.25, 0.3) is 0 Å². The van der Waals surface area contributed by atoms with Crippen molar-refractivity contribution in [2.24, 2.45) is 7.05 Å². The molecule has 3 rings (SSSR count). The highest BCUT2D eigenvalue weighted by atomic mass is 79.9. The minimum atomic E-state index is -0.151. The molecule has 21 heavy (non-hydrogen) atoms. The van der Waals surface area contributed by atoms with Crippen LogP contribution in [0.15, 0.2) is 23.1 Å². The molecule has 1 aliphatic carbocycles. The second-order valence-electron chi connectivity index (χ2n) is 5.39. The number of hydrogen-bond acceptors (Lipinski definition) is 5. The number of aromatic nitrogens is 4. The van der Waals surface area contributed by atoms with Crippen LogP contribution in [-0.2, 0) is 7.05 Å². The van der Waals surface area contributed by atoms with Gasteiger partial charge in [0.2, 0.25) is 5.95 Å². The summed E-state index contributed by atoms with van der Waals surface area (Å²) in [4.78, 5) is 8.85. The first-order valence-corrected chi connectivity index (χ1v) is 7.88. The van der Waals surface area contributed by atoms with E-state index in [1.54, 1.807) is 17.1 Å². The first kappa shape index (κ1) is 14.5. The molecule has 2 aromatic rings. The van der Waals surface area contributed by atoms with Crippen molar-refractivity contribution in [3.8, 4) is 11.3 Å². The molecule has 0 atom stereocenters. The third-order valence-corrected chi connectivity index (χ3v) is 4.77. The topological polar surface area (TPSA) is 75.9 Å². The Morgan fingerprint density at radius 1 is 1.33 bits per heavy atom. The number of halogens is 1. The summed E-state index contributed by atoms with van der Waals surface area (Å²) in [5.41, 5.74) is 1.78. The van der Waals surface area contributed by atoms with E-state index in [2.05, 4.69) is 36.3 Å². The molecular formula is C14H18BrN5O. The summed E-state index contributed by atoms with van der Waals surface area (Å²) in [5, 5.41) is 17.1. The van der Waals surface area contributed by atoms with Gasteiger partial charge in [-0.05, 0) is 47.7 Å². The summed E-state index contributed by atoms with van der Waals surface area (Å²) in [6.45, 7) is 0. The Balaban J connectivity index is 1.76. The molecule has 1 saturated carbocycles. The maximum absolute atomic E-state index is 9.55. The van der Waals surface area contributed by atoms with Gasteiger partial charge in [0.05, 0.1) is 23.6 Å². The van der Waals surface area contributed by atoms with Crippen molar-refractivity contribution in [1.82, 2.24) is 19.7 Å². The van der Waals surface area contributed by atoms with Gasteiger partial charge in [-0.1, -0.05) is 0 Å². The van der Waals surface area contributed by atoms with Gasteiger partial charge in [-0.15, -0.1) is 0 Å². The molecule has 7 heteroatoms. The minimum absolute atomic E-state index is 0.151. The Morgan fingerprint density at radius 3 is 2.76 bits per heavy atom. The Kier molecular flexibility index (Phi) is 4.21. The number of aryl methyl sites for hydroxylation is 1. The number of anilines is 1. The van der Waals surface area contributed by atoms with Crippen molar-refractivity contribution in [3.05, 3.63) is 23.1 Å². The first-order chi connectivity index (χ1) is 10.1. The lowest BCUT2D eigenvalue weighted by Crippen LogP contribution is -2.28. The molecular weight excluding hydrogens is 334 g/mol. The smallest absolute Gasteiger partial charge is 0.223 e. The molecule has 112 valence electrons.